The maximum atomic E-state index is 12.2. The van der Waals surface area contributed by atoms with E-state index in [1.807, 2.05) is 20.8 Å². The van der Waals surface area contributed by atoms with Crippen LogP contribution in [0.2, 0.25) is 0 Å². The van der Waals surface area contributed by atoms with Crippen LogP contribution in [0.5, 0.6) is 0 Å². The smallest absolute Gasteiger partial charge is 0.233 e. The number of fused-ring (bicyclic) bond motifs is 1. The van der Waals surface area contributed by atoms with Crippen LogP contribution in [0.1, 0.15) is 20.8 Å². The van der Waals surface area contributed by atoms with Crippen LogP contribution in [0.25, 0.3) is 10.2 Å². The summed E-state index contributed by atoms with van der Waals surface area (Å²) in [6.45, 7) is 5.65. The number of aromatic nitrogens is 1. The predicted octanol–water partition coefficient (Wildman–Crippen LogP) is 1.90. The highest BCUT2D eigenvalue weighted by Gasteiger charge is 2.18. The Balaban J connectivity index is 2.13. The fourth-order valence-corrected chi connectivity index (χ4v) is 3.85. The van der Waals surface area contributed by atoms with Gasteiger partial charge in [-0.1, -0.05) is 0 Å². The van der Waals surface area contributed by atoms with Gasteiger partial charge in [0.1, 0.15) is 5.75 Å². The second-order valence-electron chi connectivity index (χ2n) is 5.49. The van der Waals surface area contributed by atoms with Crippen molar-refractivity contribution in [2.75, 3.05) is 11.5 Å². The third-order valence-electron chi connectivity index (χ3n) is 2.36. The molecule has 1 unspecified atom stereocenters. The van der Waals surface area contributed by atoms with Gasteiger partial charge in [0, 0.05) is 11.2 Å². The van der Waals surface area contributed by atoms with Gasteiger partial charge in [-0.2, -0.15) is 0 Å². The number of nitrogens with one attached hydrogen (secondary N) is 1. The molecule has 1 heterocycles. The molecule has 2 aromatic rings. The normalized spacial score (nSPS) is 13.3. The van der Waals surface area contributed by atoms with Gasteiger partial charge in [0.05, 0.1) is 21.0 Å². The van der Waals surface area contributed by atoms with E-state index in [0.717, 1.165) is 10.2 Å². The molecule has 0 bridgehead atoms. The van der Waals surface area contributed by atoms with Gasteiger partial charge in [0.2, 0.25) is 5.91 Å². The molecule has 0 fully saturated rings. The highest BCUT2D eigenvalue weighted by atomic mass is 32.2. The summed E-state index contributed by atoms with van der Waals surface area (Å²) in [5.41, 5.74) is 6.76. The third-order valence-corrected chi connectivity index (χ3v) is 4.99. The van der Waals surface area contributed by atoms with Gasteiger partial charge in [-0.3, -0.25) is 9.00 Å². The van der Waals surface area contributed by atoms with Crippen molar-refractivity contribution in [3.63, 3.8) is 0 Å². The maximum Gasteiger partial charge on any atom is 0.233 e. The number of benzene rings is 1. The van der Waals surface area contributed by atoms with Crippen LogP contribution in [0.4, 0.5) is 5.69 Å². The molecule has 7 heteroatoms. The fourth-order valence-electron chi connectivity index (χ4n) is 1.65. The van der Waals surface area contributed by atoms with Crippen molar-refractivity contribution in [2.24, 2.45) is 0 Å². The predicted molar refractivity (Wildman–Crippen MR) is 83.2 cm³/mol. The van der Waals surface area contributed by atoms with E-state index in [4.69, 9.17) is 5.73 Å². The lowest BCUT2D eigenvalue weighted by molar-refractivity contribution is -0.119. The average molecular weight is 311 g/mol. The van der Waals surface area contributed by atoms with Crippen LogP contribution in [0.15, 0.2) is 22.5 Å². The summed E-state index contributed by atoms with van der Waals surface area (Å²) in [4.78, 5) is 16.1. The molecule has 0 spiro atoms. The minimum atomic E-state index is -1.43. The Labute approximate surface area is 124 Å². The van der Waals surface area contributed by atoms with E-state index in [9.17, 15) is 9.00 Å². The molecule has 5 nitrogen and oxygen atoms in total. The molecule has 0 saturated heterocycles. The highest BCUT2D eigenvalue weighted by Crippen LogP contribution is 2.26. The number of rotatable bonds is 3. The van der Waals surface area contributed by atoms with Crippen molar-refractivity contribution in [1.82, 2.24) is 10.3 Å². The van der Waals surface area contributed by atoms with Crippen LogP contribution >= 0.6 is 11.3 Å². The summed E-state index contributed by atoms with van der Waals surface area (Å²) < 4.78 is 13.5. The van der Waals surface area contributed by atoms with Crippen molar-refractivity contribution in [3.8, 4) is 0 Å². The highest BCUT2D eigenvalue weighted by molar-refractivity contribution is 7.88. The summed E-state index contributed by atoms with van der Waals surface area (Å²) in [6.07, 6.45) is 0. The van der Waals surface area contributed by atoms with Crippen LogP contribution in [-0.2, 0) is 15.6 Å². The lowest BCUT2D eigenvalue weighted by Crippen LogP contribution is -2.42. The molecule has 0 aliphatic heterocycles. The summed E-state index contributed by atoms with van der Waals surface area (Å²) in [7, 11) is -1.43. The largest absolute Gasteiger partial charge is 0.399 e. The minimum absolute atomic E-state index is 0.0768. The number of nitrogens with zero attached hydrogens (tertiary/aromatic N) is 1. The summed E-state index contributed by atoms with van der Waals surface area (Å²) in [5.74, 6) is -0.318. The number of nitrogen functional groups attached to an aromatic ring is 1. The van der Waals surface area contributed by atoms with E-state index in [-0.39, 0.29) is 17.2 Å². The van der Waals surface area contributed by atoms with E-state index < -0.39 is 10.8 Å². The van der Waals surface area contributed by atoms with Gasteiger partial charge in [-0.15, -0.1) is 11.3 Å². The Hall–Kier alpha value is -1.47. The first-order chi connectivity index (χ1) is 9.24. The zero-order valence-corrected chi connectivity index (χ0v) is 13.2. The van der Waals surface area contributed by atoms with Crippen LogP contribution in [0, 0.1) is 0 Å². The number of carbonyl (C=O) groups excluding carboxylic acids is 1. The molecule has 2 rings (SSSR count). The second-order valence-corrected chi connectivity index (χ2v) is 8.15. The van der Waals surface area contributed by atoms with Gasteiger partial charge in [0.25, 0.3) is 0 Å². The molecular formula is C13H17N3O2S2. The number of hydrogen-bond acceptors (Lipinski definition) is 5. The van der Waals surface area contributed by atoms with Crippen molar-refractivity contribution in [1.29, 1.82) is 0 Å². The molecule has 20 heavy (non-hydrogen) atoms. The third kappa shape index (κ3) is 3.77. The fraction of sp³-hybridized carbons (Fsp3) is 0.385. The molecule has 3 N–H and O–H groups in total. The van der Waals surface area contributed by atoms with E-state index in [2.05, 4.69) is 10.3 Å². The number of nitrogens with two attached hydrogens (primary N) is 1. The van der Waals surface area contributed by atoms with Gasteiger partial charge in [0.15, 0.2) is 4.34 Å². The van der Waals surface area contributed by atoms with Crippen LogP contribution < -0.4 is 11.1 Å². The molecular weight excluding hydrogens is 294 g/mol. The van der Waals surface area contributed by atoms with Crippen LogP contribution in [0.3, 0.4) is 0 Å². The average Bonchev–Trinajstić information content (AvgIpc) is 2.68. The zero-order valence-electron chi connectivity index (χ0n) is 11.6. The van der Waals surface area contributed by atoms with Crippen molar-refractivity contribution in [2.45, 2.75) is 30.6 Å². The Kier molecular flexibility index (Phi) is 4.10. The number of thiazole rings is 1. The summed E-state index contributed by atoms with van der Waals surface area (Å²) in [5, 5.41) is 2.79. The van der Waals surface area contributed by atoms with Crippen molar-refractivity contribution >= 4 is 43.9 Å². The Bertz CT molecular complexity index is 674. The molecule has 0 saturated carbocycles. The first-order valence-electron chi connectivity index (χ1n) is 6.10. The Morgan fingerprint density at radius 2 is 2.15 bits per heavy atom. The molecule has 1 aromatic carbocycles. The molecule has 1 amide bonds. The van der Waals surface area contributed by atoms with Gasteiger partial charge in [-0.25, -0.2) is 4.98 Å². The molecule has 1 atom stereocenters. The molecule has 0 radical (unpaired) electrons. The monoisotopic (exact) mass is 311 g/mol. The SMILES string of the molecule is CC(C)(C)NC(=O)CS(=O)c1nc2ccc(N)cc2s1. The van der Waals surface area contributed by atoms with Gasteiger partial charge < -0.3 is 11.1 Å². The minimum Gasteiger partial charge on any atom is -0.399 e. The van der Waals surface area contributed by atoms with E-state index >= 15 is 0 Å². The standard InChI is InChI=1S/C13H17N3O2S2/c1-13(2,3)16-11(17)7-20(18)12-15-9-5-4-8(14)6-10(9)19-12/h4-6H,7,14H2,1-3H3,(H,16,17). The number of amides is 1. The first kappa shape index (κ1) is 14.9. The maximum absolute atomic E-state index is 12.2. The molecule has 0 aliphatic carbocycles. The van der Waals surface area contributed by atoms with Crippen LogP contribution in [-0.4, -0.2) is 26.4 Å². The van der Waals surface area contributed by atoms with Gasteiger partial charge in [-0.05, 0) is 39.0 Å². The quantitative estimate of drug-likeness (QED) is 0.848. The zero-order chi connectivity index (χ0) is 14.9. The second kappa shape index (κ2) is 5.49. The number of hydrogen-bond donors (Lipinski definition) is 2. The summed E-state index contributed by atoms with van der Waals surface area (Å²) in [6, 6.07) is 5.33. The van der Waals surface area contributed by atoms with Crippen molar-refractivity contribution < 1.29 is 9.00 Å². The van der Waals surface area contributed by atoms with E-state index in [1.165, 1.54) is 11.3 Å². The molecule has 108 valence electrons. The van der Waals surface area contributed by atoms with E-state index in [0.29, 0.717) is 10.0 Å². The van der Waals surface area contributed by atoms with E-state index in [1.54, 1.807) is 18.2 Å². The lowest BCUT2D eigenvalue weighted by atomic mass is 10.1. The molecule has 1 aromatic heterocycles. The lowest BCUT2D eigenvalue weighted by Gasteiger charge is -2.19. The Morgan fingerprint density at radius 3 is 2.80 bits per heavy atom. The summed E-state index contributed by atoms with van der Waals surface area (Å²) >= 11 is 1.31. The van der Waals surface area contributed by atoms with Gasteiger partial charge >= 0.3 is 0 Å². The topological polar surface area (TPSA) is 85.1 Å². The van der Waals surface area contributed by atoms with Crippen molar-refractivity contribution in [3.05, 3.63) is 18.2 Å². The first-order valence-corrected chi connectivity index (χ1v) is 8.23. The number of anilines is 1. The molecule has 0 aliphatic rings. The Morgan fingerprint density at radius 1 is 1.45 bits per heavy atom. The number of carbonyl (C=O) groups is 1.